The number of fused-ring (bicyclic) bond motifs is 1. The molecule has 2 saturated carbocycles. The summed E-state index contributed by atoms with van der Waals surface area (Å²) in [5.74, 6) is 1.15. The Kier molecular flexibility index (Phi) is 3.00. The van der Waals surface area contributed by atoms with Crippen molar-refractivity contribution >= 4 is 0 Å². The molecule has 2 aliphatic carbocycles. The van der Waals surface area contributed by atoms with Crippen LogP contribution in [0.25, 0.3) is 0 Å². The first kappa shape index (κ1) is 11.9. The molecule has 1 N–H and O–H groups in total. The fourth-order valence-corrected chi connectivity index (χ4v) is 3.59. The fraction of sp³-hybridized carbons (Fsp3) is 0.733. The second kappa shape index (κ2) is 4.03. The van der Waals surface area contributed by atoms with Gasteiger partial charge in [-0.2, -0.15) is 0 Å². The zero-order chi connectivity index (χ0) is 11.9. The highest BCUT2D eigenvalue weighted by atomic mass is 16.3. The van der Waals surface area contributed by atoms with Gasteiger partial charge in [0.25, 0.3) is 0 Å². The molecule has 0 aromatic carbocycles. The van der Waals surface area contributed by atoms with Crippen LogP contribution in [0.5, 0.6) is 0 Å². The minimum Gasteiger partial charge on any atom is -0.389 e. The molecular weight excluding hydrogens is 196 g/mol. The highest BCUT2D eigenvalue weighted by Gasteiger charge is 2.45. The van der Waals surface area contributed by atoms with Crippen molar-refractivity contribution < 1.29 is 5.11 Å². The molecule has 1 nitrogen and oxygen atoms in total. The van der Waals surface area contributed by atoms with E-state index in [4.69, 9.17) is 0 Å². The standard InChI is InChI=1S/C15H24O/c1-10(2)12-5-7-15(4)8-6-14(16)11(3)13(15)9-12/h12-14,16H,1,3,5-9H2,2,4H3/t12-,13?,14?,15?/m1/s1. The van der Waals surface area contributed by atoms with Crippen LogP contribution in [0.1, 0.15) is 46.0 Å². The maximum atomic E-state index is 9.93. The summed E-state index contributed by atoms with van der Waals surface area (Å²) < 4.78 is 0. The SMILES string of the molecule is C=C1C(O)CCC2(C)CC[C@@H](C(=C)C)CC12. The van der Waals surface area contributed by atoms with Crippen molar-refractivity contribution in [2.24, 2.45) is 17.3 Å². The summed E-state index contributed by atoms with van der Waals surface area (Å²) in [7, 11) is 0. The Morgan fingerprint density at radius 2 is 2.00 bits per heavy atom. The Labute approximate surface area is 99.3 Å². The highest BCUT2D eigenvalue weighted by molar-refractivity contribution is 5.18. The van der Waals surface area contributed by atoms with Crippen LogP contribution in [-0.2, 0) is 0 Å². The van der Waals surface area contributed by atoms with Crippen LogP contribution < -0.4 is 0 Å². The summed E-state index contributed by atoms with van der Waals surface area (Å²) in [5.41, 5.74) is 2.78. The van der Waals surface area contributed by atoms with Gasteiger partial charge < -0.3 is 5.11 Å². The lowest BCUT2D eigenvalue weighted by molar-refractivity contribution is 0.0318. The zero-order valence-corrected chi connectivity index (χ0v) is 10.6. The molecule has 0 saturated heterocycles. The Morgan fingerprint density at radius 3 is 2.62 bits per heavy atom. The molecule has 90 valence electrons. The molecule has 4 atom stereocenters. The van der Waals surface area contributed by atoms with Gasteiger partial charge in [-0.3, -0.25) is 0 Å². The van der Waals surface area contributed by atoms with Crippen LogP contribution in [0.2, 0.25) is 0 Å². The van der Waals surface area contributed by atoms with Crippen LogP contribution in [0, 0.1) is 17.3 Å². The Morgan fingerprint density at radius 1 is 1.38 bits per heavy atom. The van der Waals surface area contributed by atoms with E-state index in [-0.39, 0.29) is 6.10 Å². The Balaban J connectivity index is 2.19. The molecule has 0 amide bonds. The summed E-state index contributed by atoms with van der Waals surface area (Å²) in [6.07, 6.45) is 5.49. The third kappa shape index (κ3) is 1.86. The van der Waals surface area contributed by atoms with Crippen LogP contribution >= 0.6 is 0 Å². The first-order valence-corrected chi connectivity index (χ1v) is 6.46. The average Bonchev–Trinajstić information content (AvgIpc) is 2.24. The van der Waals surface area contributed by atoms with Crippen molar-refractivity contribution in [3.63, 3.8) is 0 Å². The molecule has 3 unspecified atom stereocenters. The van der Waals surface area contributed by atoms with Gasteiger partial charge in [-0.05, 0) is 61.9 Å². The molecule has 0 spiro atoms. The van der Waals surface area contributed by atoms with Crippen molar-refractivity contribution in [2.45, 2.75) is 52.1 Å². The van der Waals surface area contributed by atoms with Crippen LogP contribution in [0.15, 0.2) is 24.3 Å². The lowest BCUT2D eigenvalue weighted by Gasteiger charge is -2.50. The predicted molar refractivity (Wildman–Crippen MR) is 68.1 cm³/mol. The van der Waals surface area contributed by atoms with E-state index in [0.29, 0.717) is 17.3 Å². The van der Waals surface area contributed by atoms with Crippen molar-refractivity contribution in [2.75, 3.05) is 0 Å². The van der Waals surface area contributed by atoms with Crippen molar-refractivity contribution in [1.29, 1.82) is 0 Å². The van der Waals surface area contributed by atoms with Gasteiger partial charge in [-0.25, -0.2) is 0 Å². The summed E-state index contributed by atoms with van der Waals surface area (Å²) in [6.45, 7) is 12.7. The lowest BCUT2D eigenvalue weighted by Crippen LogP contribution is -2.42. The van der Waals surface area contributed by atoms with Crippen LogP contribution in [0.4, 0.5) is 0 Å². The van der Waals surface area contributed by atoms with Gasteiger partial charge in [0.2, 0.25) is 0 Å². The van der Waals surface area contributed by atoms with E-state index >= 15 is 0 Å². The summed E-state index contributed by atoms with van der Waals surface area (Å²) in [4.78, 5) is 0. The molecule has 0 heterocycles. The summed E-state index contributed by atoms with van der Waals surface area (Å²) in [6, 6.07) is 0. The minimum absolute atomic E-state index is 0.262. The number of hydrogen-bond acceptors (Lipinski definition) is 1. The molecule has 0 aromatic rings. The third-order valence-corrected chi connectivity index (χ3v) is 4.99. The molecule has 0 aliphatic heterocycles. The van der Waals surface area contributed by atoms with Gasteiger partial charge in [0.1, 0.15) is 0 Å². The van der Waals surface area contributed by atoms with E-state index in [2.05, 4.69) is 27.0 Å². The second-order valence-electron chi connectivity index (χ2n) is 6.15. The Bertz CT molecular complexity index is 317. The topological polar surface area (TPSA) is 20.2 Å². The molecule has 0 aromatic heterocycles. The van der Waals surface area contributed by atoms with Gasteiger partial charge in [-0.15, -0.1) is 0 Å². The zero-order valence-electron chi connectivity index (χ0n) is 10.6. The maximum absolute atomic E-state index is 9.93. The van der Waals surface area contributed by atoms with Crippen molar-refractivity contribution in [3.05, 3.63) is 24.3 Å². The number of aliphatic hydroxyl groups excluding tert-OH is 1. The van der Waals surface area contributed by atoms with Crippen LogP contribution in [-0.4, -0.2) is 11.2 Å². The molecule has 1 heteroatoms. The van der Waals surface area contributed by atoms with Crippen LogP contribution in [0.3, 0.4) is 0 Å². The van der Waals surface area contributed by atoms with E-state index in [0.717, 1.165) is 24.8 Å². The molecule has 2 aliphatic rings. The fourth-order valence-electron chi connectivity index (χ4n) is 3.59. The Hall–Kier alpha value is -0.560. The molecule has 2 rings (SSSR count). The maximum Gasteiger partial charge on any atom is 0.0750 e. The molecule has 0 bridgehead atoms. The summed E-state index contributed by atoms with van der Waals surface area (Å²) in [5, 5.41) is 9.93. The minimum atomic E-state index is -0.262. The van der Waals surface area contributed by atoms with E-state index in [1.807, 2.05) is 0 Å². The molecule has 2 fully saturated rings. The first-order chi connectivity index (χ1) is 7.44. The first-order valence-electron chi connectivity index (χ1n) is 6.46. The van der Waals surface area contributed by atoms with E-state index in [9.17, 15) is 5.11 Å². The number of rotatable bonds is 1. The van der Waals surface area contributed by atoms with Crippen molar-refractivity contribution in [1.82, 2.24) is 0 Å². The predicted octanol–water partition coefficient (Wildman–Crippen LogP) is 3.70. The van der Waals surface area contributed by atoms with Gasteiger partial charge in [0.05, 0.1) is 6.10 Å². The highest BCUT2D eigenvalue weighted by Crippen LogP contribution is 2.54. The smallest absolute Gasteiger partial charge is 0.0750 e. The molecule has 16 heavy (non-hydrogen) atoms. The van der Waals surface area contributed by atoms with Gasteiger partial charge in [-0.1, -0.05) is 25.7 Å². The second-order valence-corrected chi connectivity index (χ2v) is 6.15. The summed E-state index contributed by atoms with van der Waals surface area (Å²) >= 11 is 0. The van der Waals surface area contributed by atoms with E-state index in [1.54, 1.807) is 0 Å². The largest absolute Gasteiger partial charge is 0.389 e. The van der Waals surface area contributed by atoms with Gasteiger partial charge in [0.15, 0.2) is 0 Å². The average molecular weight is 220 g/mol. The molecular formula is C15H24O. The number of aliphatic hydroxyl groups is 1. The van der Waals surface area contributed by atoms with E-state index in [1.165, 1.54) is 18.4 Å². The monoisotopic (exact) mass is 220 g/mol. The normalized spacial score (nSPS) is 43.9. The number of hydrogen-bond donors (Lipinski definition) is 1. The number of allylic oxidation sites excluding steroid dienone is 1. The van der Waals surface area contributed by atoms with Crippen molar-refractivity contribution in [3.8, 4) is 0 Å². The van der Waals surface area contributed by atoms with Gasteiger partial charge in [0, 0.05) is 0 Å². The van der Waals surface area contributed by atoms with Gasteiger partial charge >= 0.3 is 0 Å². The third-order valence-electron chi connectivity index (χ3n) is 4.99. The van der Waals surface area contributed by atoms with E-state index < -0.39 is 0 Å². The quantitative estimate of drug-likeness (QED) is 0.668. The lowest BCUT2D eigenvalue weighted by atomic mass is 9.56. The molecule has 0 radical (unpaired) electrons.